The number of rotatable bonds is 5. The Morgan fingerprint density at radius 3 is 2.89 bits per heavy atom. The molecule has 1 aromatic carbocycles. The van der Waals surface area contributed by atoms with E-state index >= 15 is 0 Å². The zero-order valence-corrected chi connectivity index (χ0v) is 11.8. The first-order valence-corrected chi connectivity index (χ1v) is 6.65. The van der Waals surface area contributed by atoms with Crippen LogP contribution in [0.2, 0.25) is 5.02 Å². The van der Waals surface area contributed by atoms with Gasteiger partial charge in [0.15, 0.2) is 0 Å². The Bertz CT molecular complexity index is 553. The summed E-state index contributed by atoms with van der Waals surface area (Å²) in [5, 5.41) is 3.65. The van der Waals surface area contributed by atoms with Gasteiger partial charge in [0.25, 0.3) is 0 Å². The maximum absolute atomic E-state index is 13.1. The van der Waals surface area contributed by atoms with Crippen LogP contribution in [-0.2, 0) is 13.0 Å². The molecule has 102 valence electrons. The second-order valence-electron chi connectivity index (χ2n) is 4.34. The van der Waals surface area contributed by atoms with Crippen LogP contribution in [0.15, 0.2) is 30.6 Å². The molecule has 2 rings (SSSR count). The number of hydrogen-bond donors (Lipinski definition) is 1. The molecule has 1 N–H and O–H groups in total. The van der Waals surface area contributed by atoms with Crippen molar-refractivity contribution in [2.75, 3.05) is 7.05 Å². The first-order valence-electron chi connectivity index (χ1n) is 6.28. The Morgan fingerprint density at radius 1 is 1.47 bits per heavy atom. The summed E-state index contributed by atoms with van der Waals surface area (Å²) >= 11 is 6.11. The van der Waals surface area contributed by atoms with E-state index in [2.05, 4.69) is 21.8 Å². The molecule has 1 atom stereocenters. The number of likely N-dealkylation sites (N-methyl/N-ethyl adjacent to an activating group) is 1. The molecule has 0 aliphatic rings. The van der Waals surface area contributed by atoms with Crippen LogP contribution < -0.4 is 5.32 Å². The Hall–Kier alpha value is -1.39. The summed E-state index contributed by atoms with van der Waals surface area (Å²) in [6, 6.07) is 4.50. The first-order chi connectivity index (χ1) is 9.15. The van der Waals surface area contributed by atoms with Gasteiger partial charge >= 0.3 is 0 Å². The molecule has 0 bridgehead atoms. The van der Waals surface area contributed by atoms with Gasteiger partial charge in [-0.2, -0.15) is 0 Å². The molecule has 5 heteroatoms. The second kappa shape index (κ2) is 6.17. The Morgan fingerprint density at radius 2 is 2.26 bits per heavy atom. The predicted molar refractivity (Wildman–Crippen MR) is 74.8 cm³/mol. The van der Waals surface area contributed by atoms with Gasteiger partial charge in [0.2, 0.25) is 0 Å². The van der Waals surface area contributed by atoms with Crippen LogP contribution in [0.4, 0.5) is 4.39 Å². The van der Waals surface area contributed by atoms with E-state index in [4.69, 9.17) is 11.6 Å². The normalized spacial score (nSPS) is 12.6. The molecular weight excluding hydrogens is 265 g/mol. The summed E-state index contributed by atoms with van der Waals surface area (Å²) in [6.07, 6.45) is 4.45. The summed E-state index contributed by atoms with van der Waals surface area (Å²) in [5.41, 5.74) is 0.885. The second-order valence-corrected chi connectivity index (χ2v) is 4.75. The highest BCUT2D eigenvalue weighted by molar-refractivity contribution is 6.31. The van der Waals surface area contributed by atoms with Crippen molar-refractivity contribution in [3.05, 3.63) is 52.8 Å². The van der Waals surface area contributed by atoms with Crippen molar-refractivity contribution in [1.29, 1.82) is 0 Å². The zero-order valence-electron chi connectivity index (χ0n) is 11.0. The number of benzene rings is 1. The number of nitrogens with one attached hydrogen (secondary N) is 1. The molecule has 0 saturated heterocycles. The SMILES string of the molecule is CCn1ccnc1CC(NC)c1ccc(F)cc1Cl. The molecule has 0 spiro atoms. The lowest BCUT2D eigenvalue weighted by molar-refractivity contribution is 0.551. The van der Waals surface area contributed by atoms with Gasteiger partial charge in [0.1, 0.15) is 11.6 Å². The van der Waals surface area contributed by atoms with Crippen LogP contribution >= 0.6 is 11.6 Å². The maximum Gasteiger partial charge on any atom is 0.124 e. The molecule has 1 aromatic heterocycles. The minimum absolute atomic E-state index is 0.0146. The summed E-state index contributed by atoms with van der Waals surface area (Å²) in [7, 11) is 1.86. The molecule has 19 heavy (non-hydrogen) atoms. The molecule has 0 amide bonds. The molecule has 0 radical (unpaired) electrons. The van der Waals surface area contributed by atoms with Crippen LogP contribution in [0, 0.1) is 5.82 Å². The van der Waals surface area contributed by atoms with E-state index in [0.717, 1.165) is 17.9 Å². The Kier molecular flexibility index (Phi) is 4.56. The molecule has 0 aliphatic heterocycles. The van der Waals surface area contributed by atoms with Crippen LogP contribution in [0.5, 0.6) is 0 Å². The topological polar surface area (TPSA) is 29.9 Å². The minimum Gasteiger partial charge on any atom is -0.335 e. The highest BCUT2D eigenvalue weighted by atomic mass is 35.5. The van der Waals surface area contributed by atoms with Crippen LogP contribution in [0.25, 0.3) is 0 Å². The van der Waals surface area contributed by atoms with Crippen molar-refractivity contribution in [3.63, 3.8) is 0 Å². The van der Waals surface area contributed by atoms with Gasteiger partial charge < -0.3 is 9.88 Å². The van der Waals surface area contributed by atoms with E-state index in [1.165, 1.54) is 12.1 Å². The highest BCUT2D eigenvalue weighted by Crippen LogP contribution is 2.26. The van der Waals surface area contributed by atoms with Crippen LogP contribution in [0.3, 0.4) is 0 Å². The average molecular weight is 282 g/mol. The summed E-state index contributed by atoms with van der Waals surface area (Å²) in [4.78, 5) is 4.35. The average Bonchev–Trinajstić information content (AvgIpc) is 2.84. The molecule has 0 aliphatic carbocycles. The standard InChI is InChI=1S/C14H17ClFN3/c1-3-19-7-6-18-14(19)9-13(17-2)11-5-4-10(16)8-12(11)15/h4-8,13,17H,3,9H2,1-2H3. The maximum atomic E-state index is 13.1. The number of halogens is 2. The lowest BCUT2D eigenvalue weighted by Crippen LogP contribution is -2.21. The van der Waals surface area contributed by atoms with Crippen molar-refractivity contribution in [3.8, 4) is 0 Å². The lowest BCUT2D eigenvalue weighted by Gasteiger charge is -2.18. The van der Waals surface area contributed by atoms with Crippen LogP contribution in [0.1, 0.15) is 24.4 Å². The smallest absolute Gasteiger partial charge is 0.124 e. The van der Waals surface area contributed by atoms with Crippen molar-refractivity contribution in [2.45, 2.75) is 25.9 Å². The van der Waals surface area contributed by atoms with Gasteiger partial charge in [-0.05, 0) is 31.7 Å². The first kappa shape index (κ1) is 14.0. The molecule has 2 aromatic rings. The van der Waals surface area contributed by atoms with Crippen molar-refractivity contribution in [1.82, 2.24) is 14.9 Å². The number of aryl methyl sites for hydroxylation is 1. The van der Waals surface area contributed by atoms with Crippen molar-refractivity contribution in [2.24, 2.45) is 0 Å². The number of nitrogens with zero attached hydrogens (tertiary/aromatic N) is 2. The highest BCUT2D eigenvalue weighted by Gasteiger charge is 2.16. The quantitative estimate of drug-likeness (QED) is 0.912. The number of aromatic nitrogens is 2. The Labute approximate surface area is 117 Å². The van der Waals surface area contributed by atoms with Crippen molar-refractivity contribution < 1.29 is 4.39 Å². The summed E-state index contributed by atoms with van der Waals surface area (Å²) in [6.45, 7) is 2.95. The fourth-order valence-corrected chi connectivity index (χ4v) is 2.45. The largest absolute Gasteiger partial charge is 0.335 e. The summed E-state index contributed by atoms with van der Waals surface area (Å²) < 4.78 is 15.2. The third-order valence-electron chi connectivity index (χ3n) is 3.22. The van der Waals surface area contributed by atoms with Gasteiger partial charge in [-0.15, -0.1) is 0 Å². The minimum atomic E-state index is -0.321. The molecule has 0 saturated carbocycles. The fraction of sp³-hybridized carbons (Fsp3) is 0.357. The molecule has 1 unspecified atom stereocenters. The molecular formula is C14H17ClFN3. The van der Waals surface area contributed by atoms with Gasteiger partial charge in [0.05, 0.1) is 0 Å². The number of imidazole rings is 1. The monoisotopic (exact) mass is 281 g/mol. The fourth-order valence-electron chi connectivity index (χ4n) is 2.15. The molecule has 0 fully saturated rings. The zero-order chi connectivity index (χ0) is 13.8. The number of hydrogen-bond acceptors (Lipinski definition) is 2. The van der Waals surface area contributed by atoms with Crippen LogP contribution in [-0.4, -0.2) is 16.6 Å². The van der Waals surface area contributed by atoms with E-state index in [0.29, 0.717) is 11.4 Å². The van der Waals surface area contributed by atoms with Gasteiger partial charge in [-0.25, -0.2) is 9.37 Å². The van der Waals surface area contributed by atoms with Gasteiger partial charge in [0, 0.05) is 36.4 Å². The summed E-state index contributed by atoms with van der Waals surface area (Å²) in [5.74, 6) is 0.668. The molecule has 1 heterocycles. The van der Waals surface area contributed by atoms with E-state index in [9.17, 15) is 4.39 Å². The third kappa shape index (κ3) is 3.14. The van der Waals surface area contributed by atoms with Crippen molar-refractivity contribution >= 4 is 11.6 Å². The van der Waals surface area contributed by atoms with Gasteiger partial charge in [-0.1, -0.05) is 17.7 Å². The van der Waals surface area contributed by atoms with E-state index in [1.54, 1.807) is 12.3 Å². The molecule has 3 nitrogen and oxygen atoms in total. The third-order valence-corrected chi connectivity index (χ3v) is 3.54. The predicted octanol–water partition coefficient (Wildman–Crippen LogP) is 3.20. The van der Waals surface area contributed by atoms with Gasteiger partial charge in [-0.3, -0.25) is 0 Å². The van der Waals surface area contributed by atoms with E-state index in [1.807, 2.05) is 13.2 Å². The van der Waals surface area contributed by atoms with E-state index in [-0.39, 0.29) is 11.9 Å². The van der Waals surface area contributed by atoms with E-state index < -0.39 is 0 Å². The lowest BCUT2D eigenvalue weighted by atomic mass is 10.0. The Balaban J connectivity index is 2.25.